The van der Waals surface area contributed by atoms with E-state index in [4.69, 9.17) is 32.7 Å². The number of carbonyl (C=O) groups is 1. The minimum absolute atomic E-state index is 0. The van der Waals surface area contributed by atoms with Crippen LogP contribution in [0.2, 0.25) is 10.0 Å². The number of azo groups is 2. The molecule has 0 unspecified atom stereocenters. The average molecular weight is 1150 g/mol. The number of phenols is 1. The molecule has 0 aliphatic rings. The molecular formula is C54H46CaCl2N6O12S2. The van der Waals surface area contributed by atoms with Crippen molar-refractivity contribution in [1.29, 1.82) is 0 Å². The maximum Gasteiger partial charge on any atom is 2.00 e. The predicted molar refractivity (Wildman–Crippen MR) is 294 cm³/mol. The van der Waals surface area contributed by atoms with E-state index in [1.165, 1.54) is 36.4 Å². The summed E-state index contributed by atoms with van der Waals surface area (Å²) in [4.78, 5) is 16.4. The van der Waals surface area contributed by atoms with Crippen LogP contribution in [0, 0.1) is 0 Å². The molecule has 0 saturated carbocycles. The van der Waals surface area contributed by atoms with Gasteiger partial charge >= 0.3 is 37.7 Å². The van der Waals surface area contributed by atoms with Crippen molar-refractivity contribution >= 4 is 149 Å². The Labute approximate surface area is 483 Å². The molecule has 0 atom stereocenters. The molecule has 0 bridgehead atoms. The molecule has 0 heterocycles. The summed E-state index contributed by atoms with van der Waals surface area (Å²) in [5.74, 6) is -1.82. The third kappa shape index (κ3) is 13.7. The van der Waals surface area contributed by atoms with Gasteiger partial charge in [-0.3, -0.25) is 18.9 Å². The molecule has 0 spiro atoms. The fraction of sp³-hybridized carbons (Fsp3) is 0.148. The largest absolute Gasteiger partial charge is 2.00 e. The first-order valence-electron chi connectivity index (χ1n) is 23.2. The summed E-state index contributed by atoms with van der Waals surface area (Å²) >= 11 is 12.4. The molecule has 4 N–H and O–H groups in total. The first-order valence-corrected chi connectivity index (χ1v) is 26.8. The monoisotopic (exact) mass is 1140 g/mol. The van der Waals surface area contributed by atoms with Crippen LogP contribution in [0.3, 0.4) is 0 Å². The topological polar surface area (TPSA) is 284 Å². The number of carbonyl (C=O) groups excluding carboxylic acids is 1. The van der Waals surface area contributed by atoms with Crippen molar-refractivity contribution in [3.63, 3.8) is 0 Å². The van der Waals surface area contributed by atoms with Gasteiger partial charge in [0.15, 0.2) is 5.75 Å². The number of rotatable bonds is 16. The molecule has 1 amide bonds. The number of hydrogen-bond acceptors (Lipinski definition) is 15. The van der Waals surface area contributed by atoms with Crippen LogP contribution in [0.5, 0.6) is 23.0 Å². The number of aromatic hydroxyl groups is 1. The number of anilines is 1. The van der Waals surface area contributed by atoms with Crippen LogP contribution in [0.4, 0.5) is 34.1 Å². The maximum absolute atomic E-state index is 13.5. The Kier molecular flexibility index (Phi) is 20.2. The Morgan fingerprint density at radius 1 is 0.597 bits per heavy atom. The van der Waals surface area contributed by atoms with Gasteiger partial charge in [0.25, 0.3) is 26.1 Å². The molecule has 0 radical (unpaired) electrons. The summed E-state index contributed by atoms with van der Waals surface area (Å²) in [5, 5.41) is 58.4. The number of phenolic OH excluding ortho intramolecular Hbond substituents is 1. The van der Waals surface area contributed by atoms with Crippen molar-refractivity contribution in [2.75, 3.05) is 18.5 Å². The molecule has 8 aromatic carbocycles. The first-order chi connectivity index (χ1) is 36.3. The van der Waals surface area contributed by atoms with Crippen molar-refractivity contribution in [1.82, 2.24) is 0 Å². The SMILES string of the molecule is CCOc1ccccc1N=C([O-])c1cc2ccccc2c(N=Nc2c(Cl)ccc(CC)c2S(=O)(=O)O)c1[O-].CCOc1ccccc1NC(=O)c1cc2ccccc2c(N=Nc2c(Cl)ccc(CC)c2S(=O)(=O)O)c1O.[Ca+2]. The van der Waals surface area contributed by atoms with Gasteiger partial charge in [0.1, 0.15) is 44.0 Å². The van der Waals surface area contributed by atoms with E-state index in [1.54, 1.807) is 118 Å². The van der Waals surface area contributed by atoms with Crippen LogP contribution < -0.4 is 25.0 Å². The Balaban J connectivity index is 0.000000246. The number of fused-ring (bicyclic) bond motifs is 2. The molecular weight excluding hydrogens is 1100 g/mol. The minimum Gasteiger partial charge on any atom is -0.871 e. The predicted octanol–water partition coefficient (Wildman–Crippen LogP) is 12.3. The maximum atomic E-state index is 13.5. The summed E-state index contributed by atoms with van der Waals surface area (Å²) in [7, 11) is -9.42. The molecule has 0 saturated heterocycles. The summed E-state index contributed by atoms with van der Waals surface area (Å²) in [6.45, 7) is 7.79. The van der Waals surface area contributed by atoms with E-state index in [-0.39, 0.29) is 106 Å². The van der Waals surface area contributed by atoms with Crippen LogP contribution in [-0.4, -0.2) is 93.8 Å². The van der Waals surface area contributed by atoms with Crippen molar-refractivity contribution < 1.29 is 55.5 Å². The average Bonchev–Trinajstić information content (AvgIpc) is 3.39. The Morgan fingerprint density at radius 2 is 1.04 bits per heavy atom. The summed E-state index contributed by atoms with van der Waals surface area (Å²) in [5.41, 5.74) is 0.00715. The third-order valence-corrected chi connectivity index (χ3v) is 13.9. The number of para-hydroxylation sites is 4. The molecule has 23 heteroatoms. The number of aliphatic imine (C=N–C) groups is 1. The minimum atomic E-state index is -4.72. The molecule has 0 fully saturated rings. The second-order valence-electron chi connectivity index (χ2n) is 16.2. The van der Waals surface area contributed by atoms with Gasteiger partial charge in [-0.25, -0.2) is 0 Å². The summed E-state index contributed by atoms with van der Waals surface area (Å²) in [6, 6.07) is 35.9. The van der Waals surface area contributed by atoms with Crippen LogP contribution >= 0.6 is 23.2 Å². The van der Waals surface area contributed by atoms with E-state index < -0.39 is 53.3 Å². The second kappa shape index (κ2) is 26.1. The van der Waals surface area contributed by atoms with Crippen LogP contribution in [0.1, 0.15) is 54.7 Å². The Bertz CT molecular complexity index is 3860. The van der Waals surface area contributed by atoms with E-state index in [0.717, 1.165) is 0 Å². The number of amides is 1. The van der Waals surface area contributed by atoms with Gasteiger partial charge in [-0.15, -0.1) is 15.3 Å². The van der Waals surface area contributed by atoms with Crippen LogP contribution in [0.25, 0.3) is 21.5 Å². The molecule has 18 nitrogen and oxygen atoms in total. The zero-order chi connectivity index (χ0) is 54.9. The molecule has 77 heavy (non-hydrogen) atoms. The van der Waals surface area contributed by atoms with E-state index in [9.17, 15) is 46.1 Å². The van der Waals surface area contributed by atoms with E-state index in [2.05, 4.69) is 30.8 Å². The van der Waals surface area contributed by atoms with Gasteiger partial charge < -0.3 is 30.1 Å². The molecule has 392 valence electrons. The number of halogens is 2. The fourth-order valence-electron chi connectivity index (χ4n) is 7.89. The van der Waals surface area contributed by atoms with Crippen molar-refractivity contribution in [3.8, 4) is 23.0 Å². The molecule has 8 rings (SSSR count). The molecule has 0 aliphatic heterocycles. The molecule has 8 aromatic rings. The van der Waals surface area contributed by atoms with Crippen molar-refractivity contribution in [2.45, 2.75) is 50.3 Å². The van der Waals surface area contributed by atoms with Crippen LogP contribution in [-0.2, 0) is 33.1 Å². The Hall–Kier alpha value is -6.72. The van der Waals surface area contributed by atoms with Gasteiger partial charge in [-0.2, -0.15) is 21.9 Å². The zero-order valence-corrected chi connectivity index (χ0v) is 46.9. The smallest absolute Gasteiger partial charge is 0.871 e. The van der Waals surface area contributed by atoms with E-state index in [0.29, 0.717) is 57.5 Å². The van der Waals surface area contributed by atoms with Crippen molar-refractivity contribution in [3.05, 3.63) is 166 Å². The van der Waals surface area contributed by atoms with Crippen molar-refractivity contribution in [2.24, 2.45) is 25.4 Å². The van der Waals surface area contributed by atoms with Gasteiger partial charge in [0.05, 0.1) is 40.2 Å². The summed E-state index contributed by atoms with van der Waals surface area (Å²) in [6.07, 6.45) is 0.543. The van der Waals surface area contributed by atoms with E-state index in [1.807, 2.05) is 6.92 Å². The number of nitrogens with one attached hydrogen (secondary N) is 1. The van der Waals surface area contributed by atoms with Gasteiger partial charge in [0, 0.05) is 10.8 Å². The number of ether oxygens (including phenoxy) is 2. The van der Waals surface area contributed by atoms with Crippen LogP contribution in [0.15, 0.2) is 169 Å². The summed E-state index contributed by atoms with van der Waals surface area (Å²) < 4.78 is 79.3. The van der Waals surface area contributed by atoms with Gasteiger partial charge in [-0.05, 0) is 109 Å². The number of benzene rings is 8. The number of nitrogens with zero attached hydrogens (tertiary/aromatic N) is 5. The first kappa shape index (κ1) is 59.5. The third-order valence-electron chi connectivity index (χ3n) is 11.4. The Morgan fingerprint density at radius 3 is 1.57 bits per heavy atom. The second-order valence-corrected chi connectivity index (χ2v) is 19.7. The molecule has 0 aromatic heterocycles. The van der Waals surface area contributed by atoms with Gasteiger partial charge in [-0.1, -0.05) is 128 Å². The van der Waals surface area contributed by atoms with E-state index >= 15 is 0 Å². The zero-order valence-electron chi connectivity index (χ0n) is 41.6. The quantitative estimate of drug-likeness (QED) is 0.0231. The number of hydrogen-bond donors (Lipinski definition) is 4. The standard InChI is InChI=1S/2C27H24ClN3O6S.Ca/c2*1-3-16-13-14-20(28)24(26(16)38(34,35)36)31-30-23-18-10-6-5-9-17(18)15-19(25(23)32)27(33)29-21-11-7-8-12-22(21)37-4-2;/h2*5-15,32H,3-4H2,1-2H3,(H,29,33)(H,34,35,36);/q;;+2/p-2. The fourth-order valence-corrected chi connectivity index (χ4v) is 10.3. The van der Waals surface area contributed by atoms with Gasteiger partial charge in [0.2, 0.25) is 0 Å². The number of aryl methyl sites for hydroxylation is 2. The normalized spacial score (nSPS) is 11.9. The molecule has 0 aliphatic carbocycles.